The molecule has 24 heavy (non-hydrogen) atoms. The molecule has 9 nitrogen and oxygen atoms in total. The maximum absolute atomic E-state index is 12.7. The van der Waals surface area contributed by atoms with Gasteiger partial charge in [-0.2, -0.15) is 4.31 Å². The summed E-state index contributed by atoms with van der Waals surface area (Å²) >= 11 is 0. The van der Waals surface area contributed by atoms with Gasteiger partial charge in [-0.3, -0.25) is 0 Å². The van der Waals surface area contributed by atoms with Crippen LogP contribution >= 0.6 is 0 Å². The lowest BCUT2D eigenvalue weighted by Crippen LogP contribution is -2.43. The number of hydrogen-bond donors (Lipinski definition) is 1. The van der Waals surface area contributed by atoms with Crippen LogP contribution in [0.2, 0.25) is 0 Å². The number of imidazole rings is 1. The number of aryl methyl sites for hydroxylation is 2. The summed E-state index contributed by atoms with van der Waals surface area (Å²) < 4.78 is 33.4. The third-order valence-corrected chi connectivity index (χ3v) is 5.79. The molecule has 2 amide bonds. The number of amides is 2. The van der Waals surface area contributed by atoms with E-state index in [9.17, 15) is 13.2 Å². The molecule has 0 unspecified atom stereocenters. The Bertz CT molecular complexity index is 653. The van der Waals surface area contributed by atoms with E-state index in [2.05, 4.69) is 10.3 Å². The number of carbonyl (C=O) groups excluding carboxylic acids is 1. The smallest absolute Gasteiger partial charge is 0.317 e. The van der Waals surface area contributed by atoms with E-state index in [0.717, 1.165) is 0 Å². The Morgan fingerprint density at radius 1 is 1.33 bits per heavy atom. The van der Waals surface area contributed by atoms with Crippen molar-refractivity contribution in [3.05, 3.63) is 12.0 Å². The van der Waals surface area contributed by atoms with Crippen LogP contribution in [0.25, 0.3) is 0 Å². The molecule has 1 aromatic heterocycles. The highest BCUT2D eigenvalue weighted by Crippen LogP contribution is 2.17. The van der Waals surface area contributed by atoms with Gasteiger partial charge in [-0.25, -0.2) is 18.2 Å². The number of sulfonamides is 1. The van der Waals surface area contributed by atoms with Crippen molar-refractivity contribution in [2.75, 3.05) is 46.4 Å². The van der Waals surface area contributed by atoms with Crippen LogP contribution in [-0.4, -0.2) is 79.6 Å². The van der Waals surface area contributed by atoms with E-state index in [1.54, 1.807) is 30.5 Å². The van der Waals surface area contributed by atoms with Crippen molar-refractivity contribution in [3.8, 4) is 0 Å². The van der Waals surface area contributed by atoms with Crippen molar-refractivity contribution < 1.29 is 17.9 Å². The quantitative estimate of drug-likeness (QED) is 0.733. The summed E-state index contributed by atoms with van der Waals surface area (Å²) in [5, 5.41) is 2.81. The molecule has 136 valence electrons. The van der Waals surface area contributed by atoms with Crippen LogP contribution in [0.15, 0.2) is 11.2 Å². The van der Waals surface area contributed by atoms with Crippen LogP contribution in [0.1, 0.15) is 12.2 Å². The first-order valence-corrected chi connectivity index (χ1v) is 9.32. The highest BCUT2D eigenvalue weighted by atomic mass is 32.2. The fraction of sp³-hybridized carbons (Fsp3) is 0.714. The number of nitrogens with one attached hydrogen (secondary N) is 1. The van der Waals surface area contributed by atoms with E-state index in [1.165, 1.54) is 10.5 Å². The normalized spacial score (nSPS) is 16.9. The largest absolute Gasteiger partial charge is 0.383 e. The van der Waals surface area contributed by atoms with Gasteiger partial charge in [0.05, 0.1) is 6.61 Å². The monoisotopic (exact) mass is 359 g/mol. The van der Waals surface area contributed by atoms with Gasteiger partial charge >= 0.3 is 6.03 Å². The topological polar surface area (TPSA) is 96.8 Å². The molecule has 1 aliphatic rings. The number of nitrogens with zero attached hydrogens (tertiary/aromatic N) is 4. The first-order chi connectivity index (χ1) is 11.4. The number of carbonyl (C=O) groups is 1. The molecule has 10 heteroatoms. The number of hydrogen-bond acceptors (Lipinski definition) is 5. The minimum atomic E-state index is -3.63. The van der Waals surface area contributed by atoms with Gasteiger partial charge in [0.25, 0.3) is 10.0 Å². The first kappa shape index (κ1) is 18.7. The van der Waals surface area contributed by atoms with Crippen molar-refractivity contribution in [1.29, 1.82) is 0 Å². The van der Waals surface area contributed by atoms with Crippen LogP contribution in [0.4, 0.5) is 4.79 Å². The average Bonchev–Trinajstić information content (AvgIpc) is 2.77. The summed E-state index contributed by atoms with van der Waals surface area (Å²) in [5.41, 5.74) is 0. The van der Waals surface area contributed by atoms with Gasteiger partial charge in [-0.05, 0) is 13.3 Å². The van der Waals surface area contributed by atoms with Gasteiger partial charge in [0.15, 0.2) is 5.03 Å². The van der Waals surface area contributed by atoms with Crippen LogP contribution in [0.3, 0.4) is 0 Å². The van der Waals surface area contributed by atoms with Gasteiger partial charge < -0.3 is 19.5 Å². The zero-order chi connectivity index (χ0) is 17.7. The molecule has 0 aromatic carbocycles. The second kappa shape index (κ2) is 7.95. The molecule has 0 spiro atoms. The molecular formula is C14H25N5O4S. The van der Waals surface area contributed by atoms with E-state index in [1.807, 2.05) is 0 Å². The van der Waals surface area contributed by atoms with Gasteiger partial charge in [0.2, 0.25) is 0 Å². The Balaban J connectivity index is 2.00. The maximum atomic E-state index is 12.7. The van der Waals surface area contributed by atoms with Crippen LogP contribution in [0.5, 0.6) is 0 Å². The lowest BCUT2D eigenvalue weighted by molar-refractivity contribution is 0.181. The molecule has 1 saturated heterocycles. The standard InChI is InChI=1S/C14H25N5O4S/c1-12-16-13(11-17(12)2)24(21,22)19-7-4-6-18(8-9-19)14(20)15-5-10-23-3/h11H,4-10H2,1-3H3,(H,15,20). The zero-order valence-corrected chi connectivity index (χ0v) is 15.2. The van der Waals surface area contributed by atoms with E-state index >= 15 is 0 Å². The molecule has 2 rings (SSSR count). The number of aromatic nitrogens is 2. The van der Waals surface area contributed by atoms with Crippen molar-refractivity contribution in [2.24, 2.45) is 7.05 Å². The molecule has 1 aromatic rings. The molecule has 0 bridgehead atoms. The second-order valence-electron chi connectivity index (χ2n) is 5.71. The van der Waals surface area contributed by atoms with E-state index in [0.29, 0.717) is 45.0 Å². The maximum Gasteiger partial charge on any atom is 0.317 e. The summed E-state index contributed by atoms with van der Waals surface area (Å²) in [4.78, 5) is 17.8. The lowest BCUT2D eigenvalue weighted by atomic mass is 10.4. The van der Waals surface area contributed by atoms with Crippen molar-refractivity contribution >= 4 is 16.1 Å². The Labute approximate surface area is 142 Å². The van der Waals surface area contributed by atoms with Crippen LogP contribution in [-0.2, 0) is 21.8 Å². The second-order valence-corrected chi connectivity index (χ2v) is 7.59. The number of methoxy groups -OCH3 is 1. The number of urea groups is 1. The average molecular weight is 359 g/mol. The zero-order valence-electron chi connectivity index (χ0n) is 14.4. The van der Waals surface area contributed by atoms with Gasteiger partial charge in [0.1, 0.15) is 5.82 Å². The molecule has 0 radical (unpaired) electrons. The Morgan fingerprint density at radius 3 is 2.71 bits per heavy atom. The van der Waals surface area contributed by atoms with Crippen LogP contribution < -0.4 is 5.32 Å². The Kier molecular flexibility index (Phi) is 6.19. The summed E-state index contributed by atoms with van der Waals surface area (Å²) in [7, 11) is -0.305. The third-order valence-electron chi connectivity index (χ3n) is 4.02. The first-order valence-electron chi connectivity index (χ1n) is 7.88. The van der Waals surface area contributed by atoms with E-state index in [4.69, 9.17) is 4.74 Å². The fourth-order valence-electron chi connectivity index (χ4n) is 2.49. The summed E-state index contributed by atoms with van der Waals surface area (Å²) in [5.74, 6) is 0.641. The summed E-state index contributed by atoms with van der Waals surface area (Å²) in [6.07, 6.45) is 2.10. The van der Waals surface area contributed by atoms with Crippen molar-refractivity contribution in [1.82, 2.24) is 24.1 Å². The van der Waals surface area contributed by atoms with Crippen molar-refractivity contribution in [3.63, 3.8) is 0 Å². The SMILES string of the molecule is COCCNC(=O)N1CCCN(S(=O)(=O)c2cn(C)c(C)n2)CC1. The molecule has 1 N–H and O–H groups in total. The molecule has 2 heterocycles. The minimum absolute atomic E-state index is 0.0560. The molecule has 0 aliphatic carbocycles. The third kappa shape index (κ3) is 4.25. The van der Waals surface area contributed by atoms with Gasteiger partial charge in [-0.15, -0.1) is 0 Å². The molecular weight excluding hydrogens is 334 g/mol. The van der Waals surface area contributed by atoms with E-state index in [-0.39, 0.29) is 17.6 Å². The predicted molar refractivity (Wildman–Crippen MR) is 88.2 cm³/mol. The Hall–Kier alpha value is -1.65. The van der Waals surface area contributed by atoms with Gasteiger partial charge in [0, 0.05) is 53.1 Å². The van der Waals surface area contributed by atoms with E-state index < -0.39 is 10.0 Å². The number of rotatable bonds is 5. The summed E-state index contributed by atoms with van der Waals surface area (Å²) in [6.45, 7) is 4.14. The summed E-state index contributed by atoms with van der Waals surface area (Å²) in [6, 6.07) is -0.194. The van der Waals surface area contributed by atoms with Crippen molar-refractivity contribution in [2.45, 2.75) is 18.4 Å². The fourth-order valence-corrected chi connectivity index (χ4v) is 3.99. The minimum Gasteiger partial charge on any atom is -0.383 e. The predicted octanol–water partition coefficient (Wildman–Crippen LogP) is -0.219. The molecule has 1 fully saturated rings. The highest BCUT2D eigenvalue weighted by Gasteiger charge is 2.30. The molecule has 0 atom stereocenters. The molecule has 1 aliphatic heterocycles. The number of ether oxygens (including phenoxy) is 1. The Morgan fingerprint density at radius 2 is 2.08 bits per heavy atom. The van der Waals surface area contributed by atoms with Gasteiger partial charge in [-0.1, -0.05) is 0 Å². The van der Waals surface area contributed by atoms with Crippen LogP contribution in [0, 0.1) is 6.92 Å². The molecule has 0 saturated carbocycles. The highest BCUT2D eigenvalue weighted by molar-refractivity contribution is 7.89. The lowest BCUT2D eigenvalue weighted by Gasteiger charge is -2.21.